The molecule has 0 saturated carbocycles. The molecule has 148 valence electrons. The van der Waals surface area contributed by atoms with Gasteiger partial charge in [-0.1, -0.05) is 29.4 Å². The Bertz CT molecular complexity index is 929. The predicted octanol–water partition coefficient (Wildman–Crippen LogP) is 4.35. The molecule has 3 aromatic rings. The summed E-state index contributed by atoms with van der Waals surface area (Å²) in [5, 5.41) is 14.9. The zero-order valence-electron chi connectivity index (χ0n) is 16.3. The quantitative estimate of drug-likeness (QED) is 0.527. The van der Waals surface area contributed by atoms with Crippen LogP contribution in [0.4, 0.5) is 5.95 Å². The Kier molecular flexibility index (Phi) is 6.86. The minimum absolute atomic E-state index is 0.480. The van der Waals surface area contributed by atoms with Crippen LogP contribution >= 0.6 is 15.9 Å². The van der Waals surface area contributed by atoms with Crippen LogP contribution in [0.2, 0.25) is 0 Å². The van der Waals surface area contributed by atoms with Gasteiger partial charge >= 0.3 is 0 Å². The van der Waals surface area contributed by atoms with E-state index in [1.807, 2.05) is 38.1 Å². The third-order valence-electron chi connectivity index (χ3n) is 4.28. The van der Waals surface area contributed by atoms with Crippen molar-refractivity contribution in [2.24, 2.45) is 0 Å². The van der Waals surface area contributed by atoms with Crippen LogP contribution in [0.3, 0.4) is 0 Å². The maximum absolute atomic E-state index is 6.10. The van der Waals surface area contributed by atoms with Crippen LogP contribution in [0.1, 0.15) is 30.5 Å². The lowest BCUT2D eigenvalue weighted by molar-refractivity contribution is 0.267. The predicted molar refractivity (Wildman–Crippen MR) is 112 cm³/mol. The molecule has 0 spiro atoms. The molecule has 1 aromatic heterocycles. The Morgan fingerprint density at radius 2 is 1.96 bits per heavy atom. The smallest absolute Gasteiger partial charge is 0.243 e. The second kappa shape index (κ2) is 9.54. The molecular weight excluding hydrogens is 422 g/mol. The highest BCUT2D eigenvalue weighted by Gasteiger charge is 2.14. The first kappa shape index (κ1) is 20.1. The Morgan fingerprint density at radius 3 is 2.71 bits per heavy atom. The van der Waals surface area contributed by atoms with E-state index in [0.717, 1.165) is 15.6 Å². The van der Waals surface area contributed by atoms with Crippen molar-refractivity contribution >= 4 is 21.9 Å². The number of hydrogen-bond acceptors (Lipinski definition) is 6. The molecule has 0 radical (unpaired) electrons. The highest BCUT2D eigenvalue weighted by Crippen LogP contribution is 2.37. The minimum Gasteiger partial charge on any atom is -0.490 e. The lowest BCUT2D eigenvalue weighted by atomic mass is 10.1. The monoisotopic (exact) mass is 445 g/mol. The second-order valence-corrected chi connectivity index (χ2v) is 7.08. The molecule has 0 bridgehead atoms. The zero-order valence-corrected chi connectivity index (χ0v) is 17.9. The van der Waals surface area contributed by atoms with Gasteiger partial charge in [0.1, 0.15) is 6.61 Å². The first-order valence-electron chi connectivity index (χ1n) is 9.24. The van der Waals surface area contributed by atoms with Gasteiger partial charge < -0.3 is 14.8 Å². The van der Waals surface area contributed by atoms with Crippen LogP contribution in [-0.4, -0.2) is 26.8 Å². The maximum atomic E-state index is 6.10. The van der Waals surface area contributed by atoms with E-state index >= 15 is 0 Å². The van der Waals surface area contributed by atoms with Gasteiger partial charge in [0, 0.05) is 13.1 Å². The van der Waals surface area contributed by atoms with E-state index in [1.165, 1.54) is 5.56 Å². The van der Waals surface area contributed by atoms with Gasteiger partial charge in [-0.15, -0.1) is 0 Å². The zero-order chi connectivity index (χ0) is 19.9. The van der Waals surface area contributed by atoms with Crippen LogP contribution in [0.15, 0.2) is 40.9 Å². The van der Waals surface area contributed by atoms with Crippen molar-refractivity contribution in [3.8, 4) is 11.5 Å². The summed E-state index contributed by atoms with van der Waals surface area (Å²) in [4.78, 5) is 0. The molecule has 0 amide bonds. The van der Waals surface area contributed by atoms with Crippen molar-refractivity contribution in [2.75, 3.05) is 11.9 Å². The van der Waals surface area contributed by atoms with Gasteiger partial charge in [0.2, 0.25) is 5.95 Å². The molecule has 1 N–H and O–H groups in total. The number of aryl methyl sites for hydroxylation is 2. The molecule has 0 fully saturated rings. The molecule has 3 rings (SSSR count). The maximum Gasteiger partial charge on any atom is 0.243 e. The van der Waals surface area contributed by atoms with Crippen molar-refractivity contribution in [1.29, 1.82) is 0 Å². The van der Waals surface area contributed by atoms with E-state index in [0.29, 0.717) is 43.8 Å². The number of rotatable bonds is 9. The second-order valence-electron chi connectivity index (χ2n) is 6.22. The standard InChI is InChI=1S/C20H24BrN5O2/c1-4-26-20(23-24-25-26)22-12-15-10-17(21)19(18(11-15)27-5-2)28-13-16-9-7-6-8-14(16)3/h6-11H,4-5,12-13H2,1-3H3,(H,22,23,25). The fourth-order valence-corrected chi connectivity index (χ4v) is 3.38. The van der Waals surface area contributed by atoms with Crippen LogP contribution in [0.5, 0.6) is 11.5 Å². The number of tetrazole rings is 1. The Morgan fingerprint density at radius 1 is 1.14 bits per heavy atom. The number of anilines is 1. The number of aromatic nitrogens is 4. The summed E-state index contributed by atoms with van der Waals surface area (Å²) in [6, 6.07) is 12.2. The van der Waals surface area contributed by atoms with E-state index in [4.69, 9.17) is 9.47 Å². The molecular formula is C20H24BrN5O2. The number of ether oxygens (including phenoxy) is 2. The molecule has 0 aliphatic heterocycles. The lowest BCUT2D eigenvalue weighted by Gasteiger charge is -2.16. The molecule has 0 atom stereocenters. The van der Waals surface area contributed by atoms with Crippen molar-refractivity contribution in [1.82, 2.24) is 20.2 Å². The fourth-order valence-electron chi connectivity index (χ4n) is 2.77. The Hall–Kier alpha value is -2.61. The molecule has 0 saturated heterocycles. The summed E-state index contributed by atoms with van der Waals surface area (Å²) in [5.41, 5.74) is 3.38. The van der Waals surface area contributed by atoms with Crippen LogP contribution in [0.25, 0.3) is 0 Å². The summed E-state index contributed by atoms with van der Waals surface area (Å²) in [7, 11) is 0. The van der Waals surface area contributed by atoms with Gasteiger partial charge in [0.25, 0.3) is 0 Å². The van der Waals surface area contributed by atoms with Gasteiger partial charge in [-0.3, -0.25) is 0 Å². The molecule has 8 heteroatoms. The number of nitrogens with zero attached hydrogens (tertiary/aromatic N) is 4. The third-order valence-corrected chi connectivity index (χ3v) is 4.87. The van der Waals surface area contributed by atoms with Crippen LogP contribution < -0.4 is 14.8 Å². The van der Waals surface area contributed by atoms with E-state index in [9.17, 15) is 0 Å². The van der Waals surface area contributed by atoms with Crippen LogP contribution in [-0.2, 0) is 19.7 Å². The summed E-state index contributed by atoms with van der Waals surface area (Å²) in [6.07, 6.45) is 0. The van der Waals surface area contributed by atoms with Gasteiger partial charge in [-0.05, 0) is 76.0 Å². The number of benzene rings is 2. The normalized spacial score (nSPS) is 10.7. The van der Waals surface area contributed by atoms with Crippen molar-refractivity contribution < 1.29 is 9.47 Å². The molecule has 0 aliphatic carbocycles. The van der Waals surface area contributed by atoms with Gasteiger partial charge in [-0.25, -0.2) is 4.68 Å². The Labute approximate surface area is 173 Å². The topological polar surface area (TPSA) is 74.1 Å². The highest BCUT2D eigenvalue weighted by molar-refractivity contribution is 9.10. The number of nitrogens with one attached hydrogen (secondary N) is 1. The fraction of sp³-hybridized carbons (Fsp3) is 0.350. The third kappa shape index (κ3) is 4.81. The molecule has 0 unspecified atom stereocenters. The first-order chi connectivity index (χ1) is 13.6. The van der Waals surface area contributed by atoms with Crippen LogP contribution in [0, 0.1) is 6.92 Å². The van der Waals surface area contributed by atoms with Crippen molar-refractivity contribution in [3.63, 3.8) is 0 Å². The average molecular weight is 446 g/mol. The minimum atomic E-state index is 0.480. The molecule has 1 heterocycles. The summed E-state index contributed by atoms with van der Waals surface area (Å²) >= 11 is 3.63. The largest absolute Gasteiger partial charge is 0.490 e. The molecule has 2 aromatic carbocycles. The Balaban J connectivity index is 1.76. The summed E-state index contributed by atoms with van der Waals surface area (Å²) < 4.78 is 14.5. The summed E-state index contributed by atoms with van der Waals surface area (Å²) in [6.45, 7) is 8.33. The summed E-state index contributed by atoms with van der Waals surface area (Å²) in [5.74, 6) is 2.04. The van der Waals surface area contributed by atoms with Crippen molar-refractivity contribution in [3.05, 3.63) is 57.6 Å². The number of hydrogen-bond donors (Lipinski definition) is 1. The van der Waals surface area contributed by atoms with E-state index in [1.54, 1.807) is 4.68 Å². The lowest BCUT2D eigenvalue weighted by Crippen LogP contribution is -2.08. The molecule has 7 nitrogen and oxygen atoms in total. The molecule has 28 heavy (non-hydrogen) atoms. The van der Waals surface area contributed by atoms with E-state index in [2.05, 4.69) is 55.8 Å². The van der Waals surface area contributed by atoms with E-state index < -0.39 is 0 Å². The molecule has 0 aliphatic rings. The highest BCUT2D eigenvalue weighted by atomic mass is 79.9. The number of halogens is 1. The van der Waals surface area contributed by atoms with E-state index in [-0.39, 0.29) is 0 Å². The SMILES string of the molecule is CCOc1cc(CNc2nnnn2CC)cc(Br)c1OCc1ccccc1C. The van der Waals surface area contributed by atoms with Crippen molar-refractivity contribution in [2.45, 2.75) is 40.5 Å². The van der Waals surface area contributed by atoms with Gasteiger partial charge in [-0.2, -0.15) is 0 Å². The van der Waals surface area contributed by atoms with Gasteiger partial charge in [0.15, 0.2) is 11.5 Å². The first-order valence-corrected chi connectivity index (χ1v) is 10.0. The van der Waals surface area contributed by atoms with Gasteiger partial charge in [0.05, 0.1) is 11.1 Å². The average Bonchev–Trinajstić information content (AvgIpc) is 3.15.